The number of fused-ring (bicyclic) bond motifs is 1. The number of piperidine rings is 2. The molecule has 148 heavy (non-hydrogen) atoms. The van der Waals surface area contributed by atoms with Gasteiger partial charge in [-0.05, 0) is 168 Å². The first-order valence-electron chi connectivity index (χ1n) is 52.8. The van der Waals surface area contributed by atoms with Crippen molar-refractivity contribution in [2.75, 3.05) is 242 Å². The number of benzene rings is 4. The van der Waals surface area contributed by atoms with Crippen molar-refractivity contribution >= 4 is 81.8 Å². The number of carboxylic acids is 2. The van der Waals surface area contributed by atoms with Crippen LogP contribution in [-0.2, 0) is 107 Å². The molecule has 3 aliphatic rings. The lowest BCUT2D eigenvalue weighted by atomic mass is 9.71. The van der Waals surface area contributed by atoms with Gasteiger partial charge in [0.25, 0.3) is 11.8 Å². The van der Waals surface area contributed by atoms with E-state index in [0.29, 0.717) is 216 Å². The van der Waals surface area contributed by atoms with Crippen molar-refractivity contribution in [3.05, 3.63) is 125 Å². The summed E-state index contributed by atoms with van der Waals surface area (Å²) in [5.74, 6) is -7.20. The third kappa shape index (κ3) is 43.4. The molecule has 2 aromatic heterocycles. The van der Waals surface area contributed by atoms with Crippen LogP contribution in [0.2, 0.25) is 0 Å². The van der Waals surface area contributed by atoms with Crippen LogP contribution in [0.1, 0.15) is 225 Å². The fourth-order valence-electron chi connectivity index (χ4n) is 18.0. The lowest BCUT2D eigenvalue weighted by Gasteiger charge is -2.47. The molecule has 39 heteroatoms. The SMILES string of the molecule is CCCCCCCCCCCN(C(=O)CCCCCCCCCC(=O)O)C(CCC(=O)N(CCNC(=O)CCOCCOCCOCCOCCOCCOCCOCCOCCOCCOCCOCCOC)CC(=O)OC(C)(C)c1ccc(C(=O)Nc2cc(F)cc(-c3ncnc4[nH]c(-c5ccc(CCN6CCC7(CC6)CCN(C(=O)c6ccc(OC)c(N8CCC(=O)NC8=O)c6)CC7)cc5)cc34)c2C)c(F)c1)C(=O)O. The fraction of sp³-hybridized carbons (Fsp3) is 0.633. The predicted molar refractivity (Wildman–Crippen MR) is 552 cm³/mol. The number of H-pyrrole nitrogens is 1. The number of aliphatic carboxylic acids is 2. The van der Waals surface area contributed by atoms with Gasteiger partial charge in [0.1, 0.15) is 47.5 Å². The summed E-state index contributed by atoms with van der Waals surface area (Å²) in [6.45, 7) is 19.3. The molecule has 3 aliphatic heterocycles. The number of rotatable bonds is 78. The summed E-state index contributed by atoms with van der Waals surface area (Å²) in [4.78, 5) is 154. The monoisotopic (exact) mass is 2080 g/mol. The molecule has 820 valence electrons. The zero-order valence-electron chi connectivity index (χ0n) is 87.7. The molecular weight excluding hydrogens is 1920 g/mol. The van der Waals surface area contributed by atoms with E-state index in [-0.39, 0.29) is 112 Å². The molecule has 3 fully saturated rings. The van der Waals surface area contributed by atoms with Crippen LogP contribution in [-0.4, -0.2) is 342 Å². The number of anilines is 2. The highest BCUT2D eigenvalue weighted by atomic mass is 19.1. The molecule has 8 amide bonds. The molecule has 6 aromatic rings. The second-order valence-corrected chi connectivity index (χ2v) is 38.0. The number of aromatic amines is 1. The molecular formula is C109H159F2N11O26. The second kappa shape index (κ2) is 68.2. The van der Waals surface area contributed by atoms with Gasteiger partial charge in [0, 0.05) is 113 Å². The highest BCUT2D eigenvalue weighted by Gasteiger charge is 2.40. The number of carbonyl (C=O) groups is 10. The van der Waals surface area contributed by atoms with Crippen molar-refractivity contribution in [1.29, 1.82) is 0 Å². The minimum atomic E-state index is -1.61. The average Bonchev–Trinajstić information content (AvgIpc) is 1.55. The van der Waals surface area contributed by atoms with E-state index in [1.54, 1.807) is 32.2 Å². The zero-order chi connectivity index (χ0) is 106. The number of hydrogen-bond acceptors (Lipinski definition) is 27. The lowest BCUT2D eigenvalue weighted by molar-refractivity contribution is -0.161. The van der Waals surface area contributed by atoms with Crippen molar-refractivity contribution in [2.45, 2.75) is 213 Å². The van der Waals surface area contributed by atoms with Gasteiger partial charge in [-0.3, -0.25) is 48.6 Å². The van der Waals surface area contributed by atoms with Gasteiger partial charge in [-0.15, -0.1) is 0 Å². The molecule has 6 N–H and O–H groups in total. The first-order valence-corrected chi connectivity index (χ1v) is 52.8. The number of amides is 8. The summed E-state index contributed by atoms with van der Waals surface area (Å²) in [7, 11) is 3.13. The number of nitrogens with one attached hydrogen (secondary N) is 4. The molecule has 1 unspecified atom stereocenters. The van der Waals surface area contributed by atoms with Crippen LogP contribution < -0.4 is 25.6 Å². The van der Waals surface area contributed by atoms with E-state index in [9.17, 15) is 53.1 Å². The third-order valence-electron chi connectivity index (χ3n) is 26.8. The van der Waals surface area contributed by atoms with Gasteiger partial charge in [-0.2, -0.15) is 0 Å². The van der Waals surface area contributed by atoms with Crippen LogP contribution in [0.5, 0.6) is 5.75 Å². The van der Waals surface area contributed by atoms with Crippen molar-refractivity contribution in [2.24, 2.45) is 5.41 Å². The number of urea groups is 1. The molecule has 37 nitrogen and oxygen atoms in total. The lowest BCUT2D eigenvalue weighted by Crippen LogP contribution is -2.50. The Balaban J connectivity index is 0.722. The van der Waals surface area contributed by atoms with Gasteiger partial charge in [0.15, 0.2) is 0 Å². The molecule has 3 saturated heterocycles. The summed E-state index contributed by atoms with van der Waals surface area (Å²) in [5, 5.41) is 28.3. The fourth-order valence-corrected chi connectivity index (χ4v) is 18.0. The number of halogens is 2. The molecule has 9 rings (SSSR count). The standard InChI is InChI=1S/C109H159F2N11O26/c1-7-8-9-10-11-12-16-19-22-43-121(99(126)23-20-17-14-13-15-18-21-24-100(127)128)93(106(132)133)32-34-98(125)120(50-42-112-96(123)37-51-137-54-55-139-58-59-141-62-63-143-66-67-145-70-71-147-73-72-146-69-68-144-65-64-142-61-60-140-57-56-138-53-52-135-5)79-101(129)148-108(3,4)85-30-31-87(90(111)75-85)104(130)116-91-77-86(110)76-88(81(91)2)102-89-78-92(115-103(89)114-80-113-102)83-27-25-82(26-28-83)35-44-118-46-38-109(39-47-118)40-48-119(49-41-109)105(131)84-29-33-95(136-6)94(74-84)122-45-36-97(124)117-107(122)134/h25-31,33,74-78,80,93H,7-24,32,34-73,79H2,1-6H3,(H,112,123)(H,116,130)(H,127,128)(H,132,133)(H,113,114,115)(H,117,124,134). The maximum atomic E-state index is 16.6. The van der Waals surface area contributed by atoms with Crippen molar-refractivity contribution < 1.29 is 133 Å². The van der Waals surface area contributed by atoms with E-state index < -0.39 is 83.5 Å². The van der Waals surface area contributed by atoms with Crippen molar-refractivity contribution in [3.63, 3.8) is 0 Å². The van der Waals surface area contributed by atoms with E-state index in [4.69, 9.17) is 71.4 Å². The van der Waals surface area contributed by atoms with Gasteiger partial charge < -0.3 is 112 Å². The number of methoxy groups -OCH3 is 2. The minimum Gasteiger partial charge on any atom is -0.495 e. The minimum absolute atomic E-state index is 0.0286. The number of esters is 1. The number of carbonyl (C=O) groups excluding carboxylic acids is 8. The average molecular weight is 2080 g/mol. The maximum Gasteiger partial charge on any atom is 0.328 e. The van der Waals surface area contributed by atoms with Crippen LogP contribution in [0.15, 0.2) is 85.2 Å². The Hall–Kier alpha value is -10.7. The van der Waals surface area contributed by atoms with Gasteiger partial charge in [-0.1, -0.05) is 121 Å². The van der Waals surface area contributed by atoms with E-state index in [1.165, 1.54) is 61.7 Å². The first kappa shape index (κ1) is 121. The number of likely N-dealkylation sites (tertiary alicyclic amines) is 2. The number of unbranched alkanes of at least 4 members (excludes halogenated alkanes) is 14. The number of imide groups is 1. The van der Waals surface area contributed by atoms with Gasteiger partial charge in [0.2, 0.25) is 23.6 Å². The molecule has 0 aliphatic carbocycles. The number of nitrogens with zero attached hydrogens (tertiary/aromatic N) is 7. The quantitative estimate of drug-likeness (QED) is 0.0152. The number of hydrogen-bond donors (Lipinski definition) is 6. The molecule has 1 atom stereocenters. The van der Waals surface area contributed by atoms with E-state index in [2.05, 4.69) is 54.9 Å². The molecule has 5 heterocycles. The smallest absolute Gasteiger partial charge is 0.328 e. The van der Waals surface area contributed by atoms with Crippen LogP contribution in [0.4, 0.5) is 25.0 Å². The van der Waals surface area contributed by atoms with Crippen molar-refractivity contribution in [3.8, 4) is 28.3 Å². The number of carboxylic acid groups (broad SMARTS) is 2. The van der Waals surface area contributed by atoms with Crippen LogP contribution >= 0.6 is 0 Å². The molecule has 4 aromatic carbocycles. The van der Waals surface area contributed by atoms with E-state index in [0.717, 1.165) is 156 Å². The summed E-state index contributed by atoms with van der Waals surface area (Å²) >= 11 is 0. The predicted octanol–water partition coefficient (Wildman–Crippen LogP) is 14.3. The summed E-state index contributed by atoms with van der Waals surface area (Å²) in [5.41, 5.74) is 3.58. The van der Waals surface area contributed by atoms with Crippen molar-refractivity contribution in [1.82, 2.24) is 45.2 Å². The van der Waals surface area contributed by atoms with E-state index >= 15 is 8.78 Å². The van der Waals surface area contributed by atoms with E-state index in [1.807, 2.05) is 23.1 Å². The Morgan fingerprint density at radius 2 is 1.11 bits per heavy atom. The van der Waals surface area contributed by atoms with Crippen LogP contribution in [0.25, 0.3) is 33.5 Å². The molecule has 0 bridgehead atoms. The Kier molecular flexibility index (Phi) is 55.7. The summed E-state index contributed by atoms with van der Waals surface area (Å²) in [6.07, 6.45) is 19.7. The van der Waals surface area contributed by atoms with Gasteiger partial charge in [0.05, 0.1) is 176 Å². The highest BCUT2D eigenvalue weighted by molar-refractivity contribution is 6.08. The molecule has 0 radical (unpaired) electrons. The van der Waals surface area contributed by atoms with Crippen LogP contribution in [0, 0.1) is 24.0 Å². The highest BCUT2D eigenvalue weighted by Crippen LogP contribution is 2.43. The summed E-state index contributed by atoms with van der Waals surface area (Å²) < 4.78 is 110. The zero-order valence-corrected chi connectivity index (χ0v) is 87.7. The summed E-state index contributed by atoms with van der Waals surface area (Å²) in [6, 6.07) is 19.4. The Morgan fingerprint density at radius 3 is 1.65 bits per heavy atom. The van der Waals surface area contributed by atoms with Gasteiger partial charge >= 0.3 is 23.9 Å². The molecule has 1 spiro atoms. The van der Waals surface area contributed by atoms with Gasteiger partial charge in [-0.25, -0.2) is 28.3 Å². The Labute approximate surface area is 868 Å². The first-order chi connectivity index (χ1) is 71.8. The second-order valence-electron chi connectivity index (χ2n) is 38.0. The number of ether oxygens (including phenoxy) is 14. The number of aromatic nitrogens is 3. The largest absolute Gasteiger partial charge is 0.495 e. The maximum absolute atomic E-state index is 16.6. The third-order valence-corrected chi connectivity index (χ3v) is 26.8. The molecule has 0 saturated carbocycles. The topological polar surface area (TPSA) is 434 Å². The normalized spacial score (nSPS) is 14.1. The Bertz CT molecular complexity index is 5020. The Morgan fingerprint density at radius 1 is 0.568 bits per heavy atom. The van der Waals surface area contributed by atoms with Crippen LogP contribution in [0.3, 0.4) is 0 Å².